The van der Waals surface area contributed by atoms with E-state index in [-0.39, 0.29) is 6.01 Å². The van der Waals surface area contributed by atoms with Crippen molar-refractivity contribution in [1.82, 2.24) is 19.9 Å². The topological polar surface area (TPSA) is 87.8 Å². The minimum atomic E-state index is 0.262. The molecular formula is C21H19ClN6OS. The van der Waals surface area contributed by atoms with E-state index >= 15 is 0 Å². The molecule has 0 atom stereocenters. The summed E-state index contributed by atoms with van der Waals surface area (Å²) in [7, 11) is 0. The number of nitrogens with zero attached hydrogens (tertiary/aromatic N) is 3. The molecule has 3 heterocycles. The molecule has 0 unspecified atom stereocenters. The first kappa shape index (κ1) is 19.0. The predicted octanol–water partition coefficient (Wildman–Crippen LogP) is 4.94. The number of anilines is 2. The van der Waals surface area contributed by atoms with Gasteiger partial charge in [-0.05, 0) is 35.9 Å². The third-order valence-electron chi connectivity index (χ3n) is 4.68. The predicted molar refractivity (Wildman–Crippen MR) is 122 cm³/mol. The van der Waals surface area contributed by atoms with Gasteiger partial charge >= 0.3 is 6.01 Å². The van der Waals surface area contributed by atoms with Crippen molar-refractivity contribution in [3.63, 3.8) is 0 Å². The Morgan fingerprint density at radius 2 is 1.90 bits per heavy atom. The molecule has 4 aromatic rings. The van der Waals surface area contributed by atoms with Crippen LogP contribution in [0.1, 0.15) is 5.56 Å². The number of nitrogens with one attached hydrogen (secondary N) is 3. The third kappa shape index (κ3) is 4.44. The highest BCUT2D eigenvalue weighted by molar-refractivity contribution is 8.00. The van der Waals surface area contributed by atoms with Crippen LogP contribution in [0, 0.1) is 0 Å². The summed E-state index contributed by atoms with van der Waals surface area (Å²) in [6.45, 7) is 0.641. The first-order chi connectivity index (χ1) is 14.7. The van der Waals surface area contributed by atoms with Gasteiger partial charge < -0.3 is 20.4 Å². The molecule has 0 aliphatic carbocycles. The van der Waals surface area contributed by atoms with E-state index in [0.29, 0.717) is 23.4 Å². The minimum Gasteiger partial charge on any atom is -0.424 e. The summed E-state index contributed by atoms with van der Waals surface area (Å²) in [5.74, 6) is 3.75. The highest BCUT2D eigenvalue weighted by Gasteiger charge is 2.17. The zero-order valence-corrected chi connectivity index (χ0v) is 17.5. The van der Waals surface area contributed by atoms with Crippen LogP contribution in [-0.2, 0) is 6.54 Å². The molecule has 0 amide bonds. The summed E-state index contributed by atoms with van der Waals surface area (Å²) < 4.78 is 5.61. The molecule has 0 bridgehead atoms. The molecular weight excluding hydrogens is 420 g/mol. The summed E-state index contributed by atoms with van der Waals surface area (Å²) in [6.07, 6.45) is 3.00. The van der Waals surface area contributed by atoms with Crippen LogP contribution in [0.15, 0.2) is 54.9 Å². The van der Waals surface area contributed by atoms with Gasteiger partial charge in [-0.2, -0.15) is 11.8 Å². The number of halogens is 1. The van der Waals surface area contributed by atoms with E-state index in [1.807, 2.05) is 42.1 Å². The fourth-order valence-electron chi connectivity index (χ4n) is 3.06. The van der Waals surface area contributed by atoms with Crippen molar-refractivity contribution in [1.29, 1.82) is 0 Å². The number of fused-ring (bicyclic) bond motifs is 1. The molecule has 5 rings (SSSR count). The van der Waals surface area contributed by atoms with Crippen molar-refractivity contribution in [2.75, 3.05) is 22.1 Å². The summed E-state index contributed by atoms with van der Waals surface area (Å²) in [5, 5.41) is 7.36. The Bertz CT molecular complexity index is 1140. The van der Waals surface area contributed by atoms with Gasteiger partial charge in [-0.25, -0.2) is 15.0 Å². The Morgan fingerprint density at radius 3 is 2.63 bits per heavy atom. The van der Waals surface area contributed by atoms with Crippen LogP contribution in [0.2, 0.25) is 5.02 Å². The largest absolute Gasteiger partial charge is 0.424 e. The van der Waals surface area contributed by atoms with Crippen molar-refractivity contribution in [2.45, 2.75) is 12.6 Å². The molecule has 1 aliphatic heterocycles. The van der Waals surface area contributed by atoms with E-state index in [4.69, 9.17) is 16.3 Å². The number of thioether (sulfide) groups is 1. The van der Waals surface area contributed by atoms with Gasteiger partial charge in [0.05, 0.1) is 28.4 Å². The summed E-state index contributed by atoms with van der Waals surface area (Å²) in [6, 6.07) is 14.8. The molecule has 152 valence electrons. The van der Waals surface area contributed by atoms with E-state index in [1.165, 1.54) is 23.9 Å². The number of aromatic amines is 1. The van der Waals surface area contributed by atoms with Crippen molar-refractivity contribution in [2.24, 2.45) is 0 Å². The van der Waals surface area contributed by atoms with Gasteiger partial charge in [-0.1, -0.05) is 23.7 Å². The maximum Gasteiger partial charge on any atom is 0.321 e. The first-order valence-corrected chi connectivity index (χ1v) is 11.1. The molecule has 1 aliphatic rings. The van der Waals surface area contributed by atoms with Gasteiger partial charge in [-0.15, -0.1) is 0 Å². The highest BCUT2D eigenvalue weighted by Crippen LogP contribution is 2.25. The van der Waals surface area contributed by atoms with Gasteiger partial charge in [0, 0.05) is 29.8 Å². The lowest BCUT2D eigenvalue weighted by atomic mass is 10.2. The Labute approximate surface area is 182 Å². The fourth-order valence-corrected chi connectivity index (χ4v) is 3.79. The van der Waals surface area contributed by atoms with E-state index in [9.17, 15) is 0 Å². The molecule has 7 nitrogen and oxygen atoms in total. The quantitative estimate of drug-likeness (QED) is 0.376. The summed E-state index contributed by atoms with van der Waals surface area (Å²) in [5.41, 5.74) is 4.19. The van der Waals surface area contributed by atoms with Gasteiger partial charge in [0.15, 0.2) is 0 Å². The number of aromatic nitrogens is 4. The van der Waals surface area contributed by atoms with Crippen LogP contribution >= 0.6 is 23.4 Å². The monoisotopic (exact) mass is 438 g/mol. The van der Waals surface area contributed by atoms with Crippen molar-refractivity contribution < 1.29 is 4.74 Å². The first-order valence-electron chi connectivity index (χ1n) is 9.53. The van der Waals surface area contributed by atoms with E-state index in [0.717, 1.165) is 28.2 Å². The van der Waals surface area contributed by atoms with Gasteiger partial charge in [0.25, 0.3) is 0 Å². The lowest BCUT2D eigenvalue weighted by Gasteiger charge is -2.26. The van der Waals surface area contributed by atoms with Gasteiger partial charge in [0.2, 0.25) is 5.95 Å². The van der Waals surface area contributed by atoms with Gasteiger partial charge in [0.1, 0.15) is 5.75 Å². The van der Waals surface area contributed by atoms with E-state index in [2.05, 4.69) is 42.7 Å². The number of ether oxygens (including phenoxy) is 1. The van der Waals surface area contributed by atoms with Crippen molar-refractivity contribution >= 4 is 46.0 Å². The number of hydrogen-bond donors (Lipinski definition) is 3. The molecule has 0 radical (unpaired) electrons. The number of H-pyrrole nitrogens is 1. The zero-order valence-electron chi connectivity index (χ0n) is 15.9. The molecule has 2 aromatic carbocycles. The molecule has 30 heavy (non-hydrogen) atoms. The minimum absolute atomic E-state index is 0.262. The number of imidazole rings is 1. The van der Waals surface area contributed by atoms with Gasteiger partial charge in [-0.3, -0.25) is 0 Å². The number of benzene rings is 2. The van der Waals surface area contributed by atoms with Crippen molar-refractivity contribution in [3.05, 3.63) is 65.4 Å². The number of hydrogen-bond acceptors (Lipinski definition) is 7. The normalized spacial score (nSPS) is 13.8. The Morgan fingerprint density at radius 1 is 1.10 bits per heavy atom. The molecule has 1 fully saturated rings. The standard InChI is InChI=1S/C21H19ClN6OS/c22-14-9-24-21(25-10-14)29-17-4-1-13(2-5-17)8-23-20-27-18-6-3-15(7-19(18)28-20)26-16-11-30-12-16/h1-7,9-10,16,26H,8,11-12H2,(H2,23,27,28). The SMILES string of the molecule is Clc1cnc(Oc2ccc(CNc3nc4ccc(NC5CSC5)cc4[nH]3)cc2)nc1. The Hall–Kier alpha value is -2.97. The second-order valence-electron chi connectivity index (χ2n) is 6.98. The Balaban J connectivity index is 1.20. The average Bonchev–Trinajstić information content (AvgIpc) is 3.14. The molecule has 0 spiro atoms. The van der Waals surface area contributed by atoms with Crippen LogP contribution in [-0.4, -0.2) is 37.5 Å². The van der Waals surface area contributed by atoms with Crippen LogP contribution < -0.4 is 15.4 Å². The average molecular weight is 439 g/mol. The maximum atomic E-state index is 5.78. The molecule has 3 N–H and O–H groups in total. The number of rotatable bonds is 7. The summed E-state index contributed by atoms with van der Waals surface area (Å²) >= 11 is 7.75. The van der Waals surface area contributed by atoms with Crippen LogP contribution in [0.25, 0.3) is 11.0 Å². The fraction of sp³-hybridized carbons (Fsp3) is 0.190. The Kier molecular flexibility index (Phi) is 5.33. The maximum absolute atomic E-state index is 5.78. The van der Waals surface area contributed by atoms with E-state index in [1.54, 1.807) is 0 Å². The van der Waals surface area contributed by atoms with Crippen LogP contribution in [0.5, 0.6) is 11.8 Å². The summed E-state index contributed by atoms with van der Waals surface area (Å²) in [4.78, 5) is 16.0. The lowest BCUT2D eigenvalue weighted by molar-refractivity contribution is 0.441. The lowest BCUT2D eigenvalue weighted by Crippen LogP contribution is -2.33. The third-order valence-corrected chi connectivity index (χ3v) is 6.15. The highest BCUT2D eigenvalue weighted by atomic mass is 35.5. The second-order valence-corrected chi connectivity index (χ2v) is 8.49. The molecule has 0 saturated carbocycles. The van der Waals surface area contributed by atoms with Crippen molar-refractivity contribution in [3.8, 4) is 11.8 Å². The smallest absolute Gasteiger partial charge is 0.321 e. The van der Waals surface area contributed by atoms with Crippen LogP contribution in [0.3, 0.4) is 0 Å². The van der Waals surface area contributed by atoms with Crippen LogP contribution in [0.4, 0.5) is 11.6 Å². The molecule has 1 saturated heterocycles. The molecule has 9 heteroatoms. The zero-order chi connectivity index (χ0) is 20.3. The second kappa shape index (κ2) is 8.41. The van der Waals surface area contributed by atoms with E-state index < -0.39 is 0 Å². The molecule has 2 aromatic heterocycles.